The van der Waals surface area contributed by atoms with Crippen molar-refractivity contribution in [3.8, 4) is 0 Å². The van der Waals surface area contributed by atoms with Gasteiger partial charge < -0.3 is 4.74 Å². The zero-order valence-electron chi connectivity index (χ0n) is 3.81. The molecule has 7 heavy (non-hydrogen) atoms. The number of hydrogen-bond donors (Lipinski definition) is 1. The van der Waals surface area contributed by atoms with Crippen LogP contribution in [0.4, 0.5) is 0 Å². The van der Waals surface area contributed by atoms with E-state index in [0.29, 0.717) is 13.3 Å². The summed E-state index contributed by atoms with van der Waals surface area (Å²) in [5.74, 6) is -0.223. The first-order valence-corrected chi connectivity index (χ1v) is 2.10. The monoisotopic (exact) mass is 100 g/mol. The van der Waals surface area contributed by atoms with Gasteiger partial charge in [0.1, 0.15) is 6.73 Å². The molecule has 1 saturated heterocycles. The molecule has 1 aliphatic rings. The number of carbonyl (C=O) groups excluding carboxylic acids is 1. The van der Waals surface area contributed by atoms with E-state index in [1.54, 1.807) is 0 Å². The van der Waals surface area contributed by atoms with Crippen LogP contribution in [0, 0.1) is 6.42 Å². The summed E-state index contributed by atoms with van der Waals surface area (Å²) in [4.78, 5) is 10.1. The van der Waals surface area contributed by atoms with Crippen LogP contribution in [-0.4, -0.2) is 19.2 Å². The Bertz CT molecular complexity index is 73.8. The SMILES string of the molecule is O=C1[CH]CNCO1. The molecule has 0 aromatic carbocycles. The molecule has 0 bridgehead atoms. The highest BCUT2D eigenvalue weighted by atomic mass is 16.5. The van der Waals surface area contributed by atoms with Gasteiger partial charge in [-0.1, -0.05) is 0 Å². The number of cyclic esters (lactones) is 1. The van der Waals surface area contributed by atoms with Gasteiger partial charge in [-0.15, -0.1) is 0 Å². The number of esters is 1. The summed E-state index contributed by atoms with van der Waals surface area (Å²) in [6.07, 6.45) is 1.46. The number of ether oxygens (including phenoxy) is 1. The van der Waals surface area contributed by atoms with Crippen LogP contribution in [0.25, 0.3) is 0 Å². The molecule has 3 nitrogen and oxygen atoms in total. The first kappa shape index (κ1) is 4.59. The summed E-state index contributed by atoms with van der Waals surface area (Å²) in [5.41, 5.74) is 0. The molecule has 0 aromatic rings. The molecule has 1 rings (SSSR count). The van der Waals surface area contributed by atoms with Crippen LogP contribution in [0.5, 0.6) is 0 Å². The molecule has 0 atom stereocenters. The third-order valence-electron chi connectivity index (χ3n) is 0.730. The molecular weight excluding hydrogens is 94.0 g/mol. The molecule has 1 radical (unpaired) electrons. The number of hydrogen-bond acceptors (Lipinski definition) is 3. The fraction of sp³-hybridized carbons (Fsp3) is 0.500. The van der Waals surface area contributed by atoms with E-state index in [9.17, 15) is 4.79 Å². The van der Waals surface area contributed by atoms with Gasteiger partial charge in [-0.05, 0) is 0 Å². The molecule has 0 spiro atoms. The zero-order valence-corrected chi connectivity index (χ0v) is 3.81. The minimum Gasteiger partial charge on any atom is -0.449 e. The van der Waals surface area contributed by atoms with Gasteiger partial charge in [-0.2, -0.15) is 0 Å². The van der Waals surface area contributed by atoms with Crippen LogP contribution in [0.2, 0.25) is 0 Å². The lowest BCUT2D eigenvalue weighted by molar-refractivity contribution is -0.142. The maximum absolute atomic E-state index is 10.1. The summed E-state index contributed by atoms with van der Waals surface area (Å²) < 4.78 is 4.47. The third-order valence-corrected chi connectivity index (χ3v) is 0.730. The normalized spacial score (nSPS) is 21.4. The highest BCUT2D eigenvalue weighted by Crippen LogP contribution is 1.86. The van der Waals surface area contributed by atoms with Crippen LogP contribution in [0.1, 0.15) is 0 Å². The van der Waals surface area contributed by atoms with E-state index in [4.69, 9.17) is 0 Å². The quantitative estimate of drug-likeness (QED) is 0.409. The number of carbonyl (C=O) groups is 1. The van der Waals surface area contributed by atoms with E-state index in [1.807, 2.05) is 0 Å². The van der Waals surface area contributed by atoms with E-state index >= 15 is 0 Å². The van der Waals surface area contributed by atoms with Crippen molar-refractivity contribution >= 4 is 5.97 Å². The summed E-state index contributed by atoms with van der Waals surface area (Å²) >= 11 is 0. The topological polar surface area (TPSA) is 38.3 Å². The highest BCUT2D eigenvalue weighted by Gasteiger charge is 2.06. The first-order chi connectivity index (χ1) is 3.39. The van der Waals surface area contributed by atoms with Crippen molar-refractivity contribution in [1.29, 1.82) is 0 Å². The lowest BCUT2D eigenvalue weighted by Gasteiger charge is -2.09. The van der Waals surface area contributed by atoms with Gasteiger partial charge in [0.2, 0.25) is 0 Å². The lowest BCUT2D eigenvalue weighted by atomic mass is 10.4. The molecule has 1 heterocycles. The average Bonchev–Trinajstić information content (AvgIpc) is 1.69. The van der Waals surface area contributed by atoms with Crippen molar-refractivity contribution in [1.82, 2.24) is 5.32 Å². The minimum absolute atomic E-state index is 0.223. The van der Waals surface area contributed by atoms with Gasteiger partial charge >= 0.3 is 5.97 Å². The van der Waals surface area contributed by atoms with Crippen molar-refractivity contribution in [3.05, 3.63) is 6.42 Å². The highest BCUT2D eigenvalue weighted by molar-refractivity contribution is 5.79. The maximum Gasteiger partial charge on any atom is 0.312 e. The Morgan fingerprint density at radius 3 is 3.00 bits per heavy atom. The molecular formula is C4H6NO2. The fourth-order valence-electron chi connectivity index (χ4n) is 0.396. The smallest absolute Gasteiger partial charge is 0.312 e. The van der Waals surface area contributed by atoms with E-state index in [0.717, 1.165) is 0 Å². The van der Waals surface area contributed by atoms with Crippen LogP contribution in [0.15, 0.2) is 0 Å². The van der Waals surface area contributed by atoms with Gasteiger partial charge in [0.25, 0.3) is 0 Å². The molecule has 39 valence electrons. The van der Waals surface area contributed by atoms with Crippen LogP contribution >= 0.6 is 0 Å². The predicted octanol–water partition coefficient (Wildman–Crippen LogP) is -0.705. The summed E-state index contributed by atoms with van der Waals surface area (Å²) in [7, 11) is 0. The molecule has 1 aliphatic heterocycles. The molecule has 0 unspecified atom stereocenters. The fourth-order valence-corrected chi connectivity index (χ4v) is 0.396. The van der Waals surface area contributed by atoms with Crippen LogP contribution < -0.4 is 5.32 Å². The number of nitrogens with one attached hydrogen (secondary N) is 1. The molecule has 0 saturated carbocycles. The second-order valence-electron chi connectivity index (χ2n) is 1.27. The Balaban J connectivity index is 2.25. The lowest BCUT2D eigenvalue weighted by Crippen LogP contribution is -2.30. The minimum atomic E-state index is -0.223. The molecule has 0 amide bonds. The van der Waals surface area contributed by atoms with Gasteiger partial charge in [-0.25, -0.2) is 0 Å². The van der Waals surface area contributed by atoms with E-state index in [2.05, 4.69) is 10.1 Å². The Morgan fingerprint density at radius 2 is 2.71 bits per heavy atom. The van der Waals surface area contributed by atoms with Crippen LogP contribution in [0.3, 0.4) is 0 Å². The third kappa shape index (κ3) is 1.16. The second kappa shape index (κ2) is 1.93. The predicted molar refractivity (Wildman–Crippen MR) is 23.3 cm³/mol. The van der Waals surface area contributed by atoms with Gasteiger partial charge in [0, 0.05) is 6.54 Å². The van der Waals surface area contributed by atoms with E-state index in [-0.39, 0.29) is 5.97 Å². The zero-order chi connectivity index (χ0) is 5.11. The largest absolute Gasteiger partial charge is 0.449 e. The Labute approximate surface area is 41.7 Å². The molecule has 0 aromatic heterocycles. The Hall–Kier alpha value is -0.570. The standard InChI is InChI=1S/C4H6NO2/c6-4-1-2-5-3-7-4/h1,5H,2-3H2. The second-order valence-corrected chi connectivity index (χ2v) is 1.27. The average molecular weight is 100 g/mol. The summed E-state index contributed by atoms with van der Waals surface area (Å²) in [6, 6.07) is 0. The summed E-state index contributed by atoms with van der Waals surface area (Å²) in [5, 5.41) is 2.82. The van der Waals surface area contributed by atoms with E-state index in [1.165, 1.54) is 6.42 Å². The molecule has 1 fully saturated rings. The van der Waals surface area contributed by atoms with Crippen molar-refractivity contribution in [2.75, 3.05) is 13.3 Å². The van der Waals surface area contributed by atoms with Gasteiger partial charge in [-0.3, -0.25) is 10.1 Å². The van der Waals surface area contributed by atoms with Crippen molar-refractivity contribution in [3.63, 3.8) is 0 Å². The molecule has 1 N–H and O–H groups in total. The van der Waals surface area contributed by atoms with Crippen molar-refractivity contribution in [2.24, 2.45) is 0 Å². The van der Waals surface area contributed by atoms with Crippen molar-refractivity contribution in [2.45, 2.75) is 0 Å². The van der Waals surface area contributed by atoms with E-state index < -0.39 is 0 Å². The van der Waals surface area contributed by atoms with Crippen molar-refractivity contribution < 1.29 is 9.53 Å². The van der Waals surface area contributed by atoms with Crippen LogP contribution in [-0.2, 0) is 9.53 Å². The van der Waals surface area contributed by atoms with Gasteiger partial charge in [0.05, 0.1) is 6.42 Å². The first-order valence-electron chi connectivity index (χ1n) is 2.10. The Morgan fingerprint density at radius 1 is 1.86 bits per heavy atom. The molecule has 0 aliphatic carbocycles. The van der Waals surface area contributed by atoms with Gasteiger partial charge in [0.15, 0.2) is 0 Å². The Kier molecular flexibility index (Phi) is 1.26. The molecule has 3 heteroatoms. The summed E-state index contributed by atoms with van der Waals surface area (Å²) in [6.45, 7) is 0.994. The maximum atomic E-state index is 10.1. The number of rotatable bonds is 0.